The Morgan fingerprint density at radius 1 is 0.969 bits per heavy atom. The van der Waals surface area contributed by atoms with Gasteiger partial charge in [0.15, 0.2) is 11.5 Å². The lowest BCUT2D eigenvalue weighted by atomic mass is 10.1. The monoisotopic (exact) mass is 423 g/mol. The van der Waals surface area contributed by atoms with E-state index in [0.29, 0.717) is 22.7 Å². The average Bonchev–Trinajstić information content (AvgIpc) is 3.28. The van der Waals surface area contributed by atoms with Crippen molar-refractivity contribution in [3.05, 3.63) is 94.2 Å². The molecule has 0 bridgehead atoms. The summed E-state index contributed by atoms with van der Waals surface area (Å²) in [6, 6.07) is 21.8. The molecule has 8 nitrogen and oxygen atoms in total. The van der Waals surface area contributed by atoms with Crippen LogP contribution in [0.4, 0.5) is 5.69 Å². The number of nitro groups is 1. The third-order valence-electron chi connectivity index (χ3n) is 5.12. The maximum atomic E-state index is 11.1. The van der Waals surface area contributed by atoms with Crippen LogP contribution in [0.25, 0.3) is 40.2 Å². The number of benzene rings is 3. The molecule has 0 aliphatic carbocycles. The molecule has 0 saturated carbocycles. The Kier molecular flexibility index (Phi) is 4.79. The van der Waals surface area contributed by atoms with Crippen molar-refractivity contribution < 1.29 is 9.66 Å². The largest absolute Gasteiger partial charge is 0.497 e. The fourth-order valence-corrected chi connectivity index (χ4v) is 3.56. The van der Waals surface area contributed by atoms with Gasteiger partial charge in [-0.15, -0.1) is 10.2 Å². The number of para-hydroxylation sites is 2. The van der Waals surface area contributed by atoms with Crippen molar-refractivity contribution in [1.29, 1.82) is 0 Å². The molecule has 2 aromatic heterocycles. The summed E-state index contributed by atoms with van der Waals surface area (Å²) >= 11 is 0. The summed E-state index contributed by atoms with van der Waals surface area (Å²) in [4.78, 5) is 15.4. The van der Waals surface area contributed by atoms with Crippen LogP contribution in [0.1, 0.15) is 11.3 Å². The van der Waals surface area contributed by atoms with E-state index in [-0.39, 0.29) is 5.69 Å². The summed E-state index contributed by atoms with van der Waals surface area (Å²) in [6.07, 6.45) is 3.58. The Bertz CT molecular complexity index is 1490. The molecular formula is C24H17N5O3. The van der Waals surface area contributed by atoms with Crippen LogP contribution in [0.5, 0.6) is 5.75 Å². The number of non-ortho nitro benzene ring substituents is 1. The molecule has 0 saturated heterocycles. The van der Waals surface area contributed by atoms with Crippen molar-refractivity contribution in [1.82, 2.24) is 19.6 Å². The first kappa shape index (κ1) is 19.4. The molecule has 0 atom stereocenters. The number of hydrogen-bond acceptors (Lipinski definition) is 6. The summed E-state index contributed by atoms with van der Waals surface area (Å²) in [6.45, 7) is 0. The van der Waals surface area contributed by atoms with Crippen molar-refractivity contribution in [2.24, 2.45) is 0 Å². The Morgan fingerprint density at radius 2 is 1.78 bits per heavy atom. The summed E-state index contributed by atoms with van der Waals surface area (Å²) in [7, 11) is 1.63. The lowest BCUT2D eigenvalue weighted by Crippen LogP contribution is -1.97. The van der Waals surface area contributed by atoms with Crippen molar-refractivity contribution in [2.45, 2.75) is 0 Å². The van der Waals surface area contributed by atoms with Gasteiger partial charge in [-0.1, -0.05) is 30.3 Å². The molecule has 5 aromatic rings. The maximum absolute atomic E-state index is 11.1. The third kappa shape index (κ3) is 3.43. The second kappa shape index (κ2) is 7.92. The van der Waals surface area contributed by atoms with Gasteiger partial charge in [-0.2, -0.15) is 0 Å². The molecule has 0 radical (unpaired) electrons. The highest BCUT2D eigenvalue weighted by Gasteiger charge is 2.15. The SMILES string of the molecule is COc1ccc(-c2nnc3c(/C=C/c4cccc([N+](=O)[O-])c4)nc4ccccc4n23)cc1. The molecule has 0 unspecified atom stereocenters. The standard InChI is InChI=1S/C24H17N5O3/c1-32-19-12-10-17(11-13-19)23-26-27-24-21(25-20-7-2-3-8-22(20)28(23)24)14-9-16-5-4-6-18(15-16)29(30)31/h2-15H,1H3/b14-9+. The van der Waals surface area contributed by atoms with Gasteiger partial charge in [0.2, 0.25) is 0 Å². The molecule has 2 heterocycles. The van der Waals surface area contributed by atoms with Crippen LogP contribution in [-0.4, -0.2) is 31.6 Å². The minimum atomic E-state index is -0.413. The quantitative estimate of drug-likeness (QED) is 0.291. The second-order valence-electron chi connectivity index (χ2n) is 7.08. The molecule has 0 amide bonds. The zero-order chi connectivity index (χ0) is 22.1. The first-order valence-corrected chi connectivity index (χ1v) is 9.85. The van der Waals surface area contributed by atoms with Crippen LogP contribution < -0.4 is 4.74 Å². The van der Waals surface area contributed by atoms with Crippen molar-refractivity contribution in [3.8, 4) is 17.1 Å². The molecule has 0 aliphatic rings. The molecule has 0 aliphatic heterocycles. The topological polar surface area (TPSA) is 95.5 Å². The van der Waals surface area contributed by atoms with Crippen LogP contribution >= 0.6 is 0 Å². The second-order valence-corrected chi connectivity index (χ2v) is 7.08. The summed E-state index contributed by atoms with van der Waals surface area (Å²) in [5.74, 6) is 1.45. The predicted octanol–water partition coefficient (Wildman–Crippen LogP) is 5.03. The van der Waals surface area contributed by atoms with Crippen LogP contribution in [-0.2, 0) is 0 Å². The number of rotatable bonds is 5. The fraction of sp³-hybridized carbons (Fsp3) is 0.0417. The molecule has 32 heavy (non-hydrogen) atoms. The summed E-state index contributed by atoms with van der Waals surface area (Å²) in [5.41, 5.74) is 4.50. The highest BCUT2D eigenvalue weighted by atomic mass is 16.6. The number of fused-ring (bicyclic) bond motifs is 3. The molecule has 8 heteroatoms. The van der Waals surface area contributed by atoms with Crippen LogP contribution in [0.15, 0.2) is 72.8 Å². The predicted molar refractivity (Wildman–Crippen MR) is 122 cm³/mol. The average molecular weight is 423 g/mol. The van der Waals surface area contributed by atoms with Gasteiger partial charge in [0, 0.05) is 17.7 Å². The molecule has 0 fully saturated rings. The fourth-order valence-electron chi connectivity index (χ4n) is 3.56. The molecule has 0 N–H and O–H groups in total. The van der Waals surface area contributed by atoms with E-state index < -0.39 is 4.92 Å². The van der Waals surface area contributed by atoms with E-state index in [9.17, 15) is 10.1 Å². The van der Waals surface area contributed by atoms with Crippen molar-refractivity contribution >= 4 is 34.5 Å². The van der Waals surface area contributed by atoms with E-state index in [2.05, 4.69) is 10.2 Å². The van der Waals surface area contributed by atoms with Gasteiger partial charge in [-0.3, -0.25) is 14.5 Å². The third-order valence-corrected chi connectivity index (χ3v) is 5.12. The van der Waals surface area contributed by atoms with Gasteiger partial charge in [-0.25, -0.2) is 4.98 Å². The van der Waals surface area contributed by atoms with Crippen molar-refractivity contribution in [3.63, 3.8) is 0 Å². The van der Waals surface area contributed by atoms with Crippen molar-refractivity contribution in [2.75, 3.05) is 7.11 Å². The molecular weight excluding hydrogens is 406 g/mol. The normalized spacial score (nSPS) is 11.4. The summed E-state index contributed by atoms with van der Waals surface area (Å²) < 4.78 is 7.23. The van der Waals surface area contributed by atoms with Gasteiger partial charge >= 0.3 is 0 Å². The van der Waals surface area contributed by atoms with Gasteiger partial charge in [-0.05, 0) is 48.0 Å². The first-order valence-electron chi connectivity index (χ1n) is 9.85. The molecule has 5 rings (SSSR count). The highest BCUT2D eigenvalue weighted by molar-refractivity contribution is 5.85. The Morgan fingerprint density at radius 3 is 2.56 bits per heavy atom. The van der Waals surface area contributed by atoms with Crippen LogP contribution in [0.3, 0.4) is 0 Å². The molecule has 0 spiro atoms. The summed E-state index contributed by atoms with van der Waals surface area (Å²) in [5, 5.41) is 19.9. The first-order chi connectivity index (χ1) is 15.6. The lowest BCUT2D eigenvalue weighted by Gasteiger charge is -2.07. The van der Waals surface area contributed by atoms with E-state index in [1.54, 1.807) is 31.4 Å². The Hall–Kier alpha value is -4.59. The minimum Gasteiger partial charge on any atom is -0.497 e. The van der Waals surface area contributed by atoms with Gasteiger partial charge < -0.3 is 4.74 Å². The number of ether oxygens (including phenoxy) is 1. The smallest absolute Gasteiger partial charge is 0.270 e. The van der Waals surface area contributed by atoms with Crippen LogP contribution in [0, 0.1) is 10.1 Å². The van der Waals surface area contributed by atoms with E-state index >= 15 is 0 Å². The van der Waals surface area contributed by atoms with Gasteiger partial charge in [0.25, 0.3) is 5.69 Å². The zero-order valence-corrected chi connectivity index (χ0v) is 17.0. The van der Waals surface area contributed by atoms with Gasteiger partial charge in [0.05, 0.1) is 23.1 Å². The zero-order valence-electron chi connectivity index (χ0n) is 17.0. The van der Waals surface area contributed by atoms with E-state index in [1.807, 2.05) is 52.9 Å². The minimum absolute atomic E-state index is 0.0352. The maximum Gasteiger partial charge on any atom is 0.270 e. The Balaban J connectivity index is 1.67. The number of nitrogens with zero attached hydrogens (tertiary/aromatic N) is 5. The number of nitro benzene ring substituents is 1. The number of methoxy groups -OCH3 is 1. The number of hydrogen-bond donors (Lipinski definition) is 0. The number of aromatic nitrogens is 4. The van der Waals surface area contributed by atoms with Gasteiger partial charge in [0.1, 0.15) is 11.4 Å². The van der Waals surface area contributed by atoms with E-state index in [1.165, 1.54) is 12.1 Å². The lowest BCUT2D eigenvalue weighted by molar-refractivity contribution is -0.384. The highest BCUT2D eigenvalue weighted by Crippen LogP contribution is 2.27. The Labute approximate surface area is 182 Å². The molecule has 156 valence electrons. The molecule has 3 aromatic carbocycles. The van der Waals surface area contributed by atoms with E-state index in [4.69, 9.17) is 9.72 Å². The van der Waals surface area contributed by atoms with E-state index in [0.717, 1.165) is 22.3 Å². The van der Waals surface area contributed by atoms with Crippen LogP contribution in [0.2, 0.25) is 0 Å².